The van der Waals surface area contributed by atoms with E-state index in [-0.39, 0.29) is 29.3 Å². The normalized spacial score (nSPS) is 10.4. The van der Waals surface area contributed by atoms with E-state index in [0.717, 1.165) is 11.8 Å². The molecule has 3 rings (SSSR count). The highest BCUT2D eigenvalue weighted by atomic mass is 32.2. The van der Waals surface area contributed by atoms with Crippen LogP contribution in [0.3, 0.4) is 0 Å². The number of hydrogen-bond donors (Lipinski definition) is 1. The Morgan fingerprint density at radius 3 is 2.56 bits per heavy atom. The van der Waals surface area contributed by atoms with Gasteiger partial charge in [-0.2, -0.15) is 4.68 Å². The SMILES string of the molecule is CCOC(=O)CSc1nnnn1-c1ccc(C(=O)OCC(=O)Nc2ccccc2[N+](=O)[O-])cc1. The maximum absolute atomic E-state index is 12.3. The van der Waals surface area contributed by atoms with Crippen LogP contribution >= 0.6 is 11.8 Å². The van der Waals surface area contributed by atoms with Gasteiger partial charge in [-0.3, -0.25) is 19.7 Å². The van der Waals surface area contributed by atoms with Gasteiger partial charge in [0.2, 0.25) is 5.16 Å². The summed E-state index contributed by atoms with van der Waals surface area (Å²) in [5, 5.41) is 25.0. The van der Waals surface area contributed by atoms with Gasteiger partial charge in [-0.15, -0.1) is 5.10 Å². The number of aromatic nitrogens is 4. The number of thioether (sulfide) groups is 1. The first-order valence-electron chi connectivity index (χ1n) is 9.76. The molecule has 0 atom stereocenters. The lowest BCUT2D eigenvalue weighted by molar-refractivity contribution is -0.383. The van der Waals surface area contributed by atoms with Crippen molar-refractivity contribution < 1.29 is 28.8 Å². The van der Waals surface area contributed by atoms with Crippen LogP contribution in [0.5, 0.6) is 0 Å². The summed E-state index contributed by atoms with van der Waals surface area (Å²) in [7, 11) is 0. The van der Waals surface area contributed by atoms with E-state index in [0.29, 0.717) is 10.8 Å². The number of nitro groups is 1. The molecule has 0 aliphatic rings. The lowest BCUT2D eigenvalue weighted by Crippen LogP contribution is -2.21. The summed E-state index contributed by atoms with van der Waals surface area (Å²) in [5.74, 6) is -1.85. The van der Waals surface area contributed by atoms with Gasteiger partial charge in [0.25, 0.3) is 11.6 Å². The summed E-state index contributed by atoms with van der Waals surface area (Å²) in [6.07, 6.45) is 0. The lowest BCUT2D eigenvalue weighted by atomic mass is 10.2. The Bertz CT molecular complexity index is 1200. The van der Waals surface area contributed by atoms with E-state index in [1.165, 1.54) is 41.1 Å². The zero-order chi connectivity index (χ0) is 24.5. The second kappa shape index (κ2) is 11.5. The summed E-state index contributed by atoms with van der Waals surface area (Å²) in [5.41, 5.74) is 0.411. The van der Waals surface area contributed by atoms with Crippen LogP contribution in [0.4, 0.5) is 11.4 Å². The van der Waals surface area contributed by atoms with Gasteiger partial charge in [-0.05, 0) is 47.7 Å². The molecule has 1 heterocycles. The van der Waals surface area contributed by atoms with Crippen LogP contribution in [0.25, 0.3) is 5.69 Å². The van der Waals surface area contributed by atoms with Crippen molar-refractivity contribution in [2.75, 3.05) is 24.3 Å². The second-order valence-corrected chi connectivity index (χ2v) is 7.35. The van der Waals surface area contributed by atoms with Gasteiger partial charge in [0.1, 0.15) is 5.69 Å². The number of hydrogen-bond acceptors (Lipinski definition) is 11. The Morgan fingerprint density at radius 2 is 1.85 bits per heavy atom. The molecule has 13 nitrogen and oxygen atoms in total. The zero-order valence-corrected chi connectivity index (χ0v) is 18.6. The Labute approximate surface area is 196 Å². The minimum Gasteiger partial charge on any atom is -0.465 e. The molecule has 0 unspecified atom stereocenters. The highest BCUT2D eigenvalue weighted by Crippen LogP contribution is 2.23. The van der Waals surface area contributed by atoms with Gasteiger partial charge in [0.05, 0.1) is 28.5 Å². The Hall–Kier alpha value is -4.33. The van der Waals surface area contributed by atoms with E-state index in [9.17, 15) is 24.5 Å². The molecule has 1 aromatic heterocycles. The zero-order valence-electron chi connectivity index (χ0n) is 17.7. The maximum Gasteiger partial charge on any atom is 0.338 e. The molecule has 1 amide bonds. The van der Waals surface area contributed by atoms with E-state index in [1.54, 1.807) is 19.1 Å². The van der Waals surface area contributed by atoms with Crippen LogP contribution in [0, 0.1) is 10.1 Å². The summed E-state index contributed by atoms with van der Waals surface area (Å²) in [6, 6.07) is 11.7. The molecule has 0 fully saturated rings. The largest absolute Gasteiger partial charge is 0.465 e. The van der Waals surface area contributed by atoms with E-state index >= 15 is 0 Å². The van der Waals surface area contributed by atoms with Gasteiger partial charge in [0, 0.05) is 6.07 Å². The van der Waals surface area contributed by atoms with Gasteiger partial charge < -0.3 is 14.8 Å². The third kappa shape index (κ3) is 6.35. The predicted molar refractivity (Wildman–Crippen MR) is 119 cm³/mol. The van der Waals surface area contributed by atoms with Crippen LogP contribution in [0.2, 0.25) is 0 Å². The fourth-order valence-electron chi connectivity index (χ4n) is 2.64. The van der Waals surface area contributed by atoms with Crippen molar-refractivity contribution in [2.45, 2.75) is 12.1 Å². The number of tetrazole rings is 1. The number of rotatable bonds is 10. The van der Waals surface area contributed by atoms with E-state index < -0.39 is 29.4 Å². The first kappa shape index (κ1) is 24.3. The van der Waals surface area contributed by atoms with Gasteiger partial charge >= 0.3 is 11.9 Å². The monoisotopic (exact) mass is 486 g/mol. The fraction of sp³-hybridized carbons (Fsp3) is 0.200. The number of esters is 2. The fourth-order valence-corrected chi connectivity index (χ4v) is 3.32. The molecule has 0 bridgehead atoms. The number of amides is 1. The first-order chi connectivity index (χ1) is 16.4. The highest BCUT2D eigenvalue weighted by Gasteiger charge is 2.17. The van der Waals surface area contributed by atoms with Crippen molar-refractivity contribution in [3.8, 4) is 5.69 Å². The molecule has 176 valence electrons. The summed E-state index contributed by atoms with van der Waals surface area (Å²) in [6.45, 7) is 1.35. The quantitative estimate of drug-likeness (QED) is 0.192. The molecule has 0 aliphatic carbocycles. The molecule has 14 heteroatoms. The number of nitro benzene ring substituents is 1. The molecule has 0 saturated heterocycles. The van der Waals surface area contributed by atoms with Gasteiger partial charge in [-0.1, -0.05) is 23.9 Å². The molecule has 34 heavy (non-hydrogen) atoms. The van der Waals surface area contributed by atoms with Crippen LogP contribution < -0.4 is 5.32 Å². The molecule has 0 aliphatic heterocycles. The predicted octanol–water partition coefficient (Wildman–Crippen LogP) is 2.02. The average Bonchev–Trinajstić information content (AvgIpc) is 3.30. The van der Waals surface area contributed by atoms with Crippen LogP contribution in [0.15, 0.2) is 53.7 Å². The average molecular weight is 486 g/mol. The number of nitrogens with one attached hydrogen (secondary N) is 1. The van der Waals surface area contributed by atoms with Gasteiger partial charge in [0.15, 0.2) is 6.61 Å². The molecule has 0 spiro atoms. The number of nitrogens with zero attached hydrogens (tertiary/aromatic N) is 5. The second-order valence-electron chi connectivity index (χ2n) is 6.41. The molecule has 3 aromatic rings. The topological polar surface area (TPSA) is 168 Å². The van der Waals surface area contributed by atoms with Crippen molar-refractivity contribution in [1.82, 2.24) is 20.2 Å². The number of carbonyl (C=O) groups excluding carboxylic acids is 3. The van der Waals surface area contributed by atoms with Crippen molar-refractivity contribution >= 4 is 41.0 Å². The third-order valence-electron chi connectivity index (χ3n) is 4.12. The minimum atomic E-state index is -0.766. The molecular formula is C20H18N6O7S. The summed E-state index contributed by atoms with van der Waals surface area (Å²) >= 11 is 1.10. The van der Waals surface area contributed by atoms with Crippen molar-refractivity contribution in [1.29, 1.82) is 0 Å². The van der Waals surface area contributed by atoms with Crippen LogP contribution in [0.1, 0.15) is 17.3 Å². The van der Waals surface area contributed by atoms with E-state index in [2.05, 4.69) is 20.8 Å². The third-order valence-corrected chi connectivity index (χ3v) is 5.01. The minimum absolute atomic E-state index is 0.00373. The number of anilines is 1. The number of carbonyl (C=O) groups is 3. The molecule has 2 aromatic carbocycles. The number of para-hydroxylation sites is 2. The van der Waals surface area contributed by atoms with Crippen molar-refractivity contribution in [3.05, 3.63) is 64.2 Å². The molecule has 0 radical (unpaired) electrons. The highest BCUT2D eigenvalue weighted by molar-refractivity contribution is 7.99. The molecule has 0 saturated carbocycles. The number of benzene rings is 2. The standard InChI is InChI=1S/C20H18N6O7S/c1-2-32-18(28)12-34-20-22-23-24-25(20)14-9-7-13(8-10-14)19(29)33-11-17(27)21-15-5-3-4-6-16(15)26(30)31/h3-10H,2,11-12H2,1H3,(H,21,27). The van der Waals surface area contributed by atoms with Crippen molar-refractivity contribution in [3.63, 3.8) is 0 Å². The van der Waals surface area contributed by atoms with Gasteiger partial charge in [-0.25, -0.2) is 4.79 Å². The van der Waals surface area contributed by atoms with Crippen LogP contribution in [-0.4, -0.2) is 61.9 Å². The first-order valence-corrected chi connectivity index (χ1v) is 10.7. The lowest BCUT2D eigenvalue weighted by Gasteiger charge is -2.08. The van der Waals surface area contributed by atoms with Crippen LogP contribution in [-0.2, 0) is 19.1 Å². The van der Waals surface area contributed by atoms with Crippen molar-refractivity contribution in [2.24, 2.45) is 0 Å². The van der Waals surface area contributed by atoms with E-state index in [1.807, 2.05) is 0 Å². The molecule has 1 N–H and O–H groups in total. The maximum atomic E-state index is 12.3. The number of ether oxygens (including phenoxy) is 2. The smallest absolute Gasteiger partial charge is 0.338 e. The summed E-state index contributed by atoms with van der Waals surface area (Å²) < 4.78 is 11.2. The van der Waals surface area contributed by atoms with E-state index in [4.69, 9.17) is 9.47 Å². The Morgan fingerprint density at radius 1 is 1.12 bits per heavy atom. The molecular weight excluding hydrogens is 468 g/mol. The summed E-state index contributed by atoms with van der Waals surface area (Å²) in [4.78, 5) is 46.2. The Kier molecular flexibility index (Phi) is 8.23. The Balaban J connectivity index is 1.57.